The molecule has 4 rings (SSSR count). The summed E-state index contributed by atoms with van der Waals surface area (Å²) in [7, 11) is -1.62. The van der Waals surface area contributed by atoms with Crippen molar-refractivity contribution in [2.45, 2.75) is 58.2 Å². The summed E-state index contributed by atoms with van der Waals surface area (Å²) < 4.78 is 28.5. The number of hydrogen-bond donors (Lipinski definition) is 0. The maximum atomic E-state index is 13.7. The molecule has 0 N–H and O–H groups in total. The molecule has 0 spiro atoms. The molecule has 3 aliphatic heterocycles. The number of piperidine rings is 1. The fourth-order valence-corrected chi connectivity index (χ4v) is 6.88. The van der Waals surface area contributed by atoms with E-state index in [4.69, 9.17) is 0 Å². The fraction of sp³-hybridized carbons (Fsp3) is 0.800. The van der Waals surface area contributed by atoms with Gasteiger partial charge in [-0.05, 0) is 39.5 Å². The Hall–Kier alpha value is -1.45. The van der Waals surface area contributed by atoms with Crippen LogP contribution in [0.5, 0.6) is 0 Å². The third-order valence-electron chi connectivity index (χ3n) is 6.96. The van der Waals surface area contributed by atoms with Crippen LogP contribution in [0.2, 0.25) is 0 Å². The maximum absolute atomic E-state index is 13.7. The Morgan fingerprint density at radius 1 is 1.28 bits per heavy atom. The summed E-state index contributed by atoms with van der Waals surface area (Å²) in [4.78, 5) is 18.0. The van der Waals surface area contributed by atoms with Crippen LogP contribution in [0.1, 0.15) is 51.1 Å². The molecule has 162 valence electrons. The third kappa shape index (κ3) is 3.72. The lowest BCUT2D eigenvalue weighted by atomic mass is 9.71. The zero-order chi connectivity index (χ0) is 20.8. The molecule has 8 nitrogen and oxygen atoms in total. The molecule has 1 aromatic rings. The number of amides is 1. The van der Waals surface area contributed by atoms with Crippen LogP contribution in [0.3, 0.4) is 0 Å². The number of aromatic nitrogens is 2. The molecule has 0 radical (unpaired) electrons. The van der Waals surface area contributed by atoms with Crippen molar-refractivity contribution in [3.8, 4) is 0 Å². The molecule has 1 aromatic heterocycles. The van der Waals surface area contributed by atoms with E-state index in [1.54, 1.807) is 7.05 Å². The van der Waals surface area contributed by atoms with E-state index >= 15 is 0 Å². The number of rotatable bonds is 4. The van der Waals surface area contributed by atoms with Gasteiger partial charge in [-0.1, -0.05) is 0 Å². The SMILES string of the molecule is CC(C)n1cc(CN2CC[C@H]3N(C)S(=O)(=O)CC[C@]3(C(=O)N3CCCC3)C2)cn1. The lowest BCUT2D eigenvalue weighted by Gasteiger charge is -2.53. The first kappa shape index (κ1) is 20.8. The molecule has 4 heterocycles. The maximum Gasteiger partial charge on any atom is 0.231 e. The fourth-order valence-electron chi connectivity index (χ4n) is 5.28. The summed E-state index contributed by atoms with van der Waals surface area (Å²) >= 11 is 0. The number of sulfonamides is 1. The Labute approximate surface area is 173 Å². The molecule has 3 fully saturated rings. The number of carbonyl (C=O) groups excluding carboxylic acids is 1. The van der Waals surface area contributed by atoms with Gasteiger partial charge in [-0.2, -0.15) is 5.10 Å². The normalized spacial score (nSPS) is 30.6. The first-order chi connectivity index (χ1) is 13.7. The summed E-state index contributed by atoms with van der Waals surface area (Å²) in [6.07, 6.45) is 7.16. The van der Waals surface area contributed by atoms with Crippen molar-refractivity contribution in [2.24, 2.45) is 5.41 Å². The minimum atomic E-state index is -3.28. The Kier molecular flexibility index (Phi) is 5.50. The van der Waals surface area contributed by atoms with Crippen molar-refractivity contribution >= 4 is 15.9 Å². The summed E-state index contributed by atoms with van der Waals surface area (Å²) in [5.74, 6) is 0.211. The molecular formula is C20H33N5O3S. The summed E-state index contributed by atoms with van der Waals surface area (Å²) in [5, 5.41) is 4.44. The van der Waals surface area contributed by atoms with Crippen LogP contribution in [0.15, 0.2) is 12.4 Å². The predicted octanol–water partition coefficient (Wildman–Crippen LogP) is 1.31. The third-order valence-corrected chi connectivity index (χ3v) is 8.81. The first-order valence-corrected chi connectivity index (χ1v) is 12.3. The minimum absolute atomic E-state index is 0.0543. The first-order valence-electron chi connectivity index (χ1n) is 10.7. The van der Waals surface area contributed by atoms with Crippen molar-refractivity contribution in [1.82, 2.24) is 23.9 Å². The molecule has 1 amide bonds. The highest BCUT2D eigenvalue weighted by molar-refractivity contribution is 7.89. The van der Waals surface area contributed by atoms with Gasteiger partial charge in [-0.3, -0.25) is 14.4 Å². The van der Waals surface area contributed by atoms with Gasteiger partial charge in [0.05, 0.1) is 17.4 Å². The summed E-state index contributed by atoms with van der Waals surface area (Å²) in [5.41, 5.74) is 0.495. The second-order valence-corrected chi connectivity index (χ2v) is 11.3. The smallest absolute Gasteiger partial charge is 0.231 e. The topological polar surface area (TPSA) is 78.8 Å². The lowest BCUT2D eigenvalue weighted by Crippen LogP contribution is -2.67. The van der Waals surface area contributed by atoms with Crippen molar-refractivity contribution in [2.75, 3.05) is 39.0 Å². The largest absolute Gasteiger partial charge is 0.342 e. The highest BCUT2D eigenvalue weighted by atomic mass is 32.2. The van der Waals surface area contributed by atoms with Gasteiger partial charge in [0.1, 0.15) is 0 Å². The van der Waals surface area contributed by atoms with Gasteiger partial charge in [-0.25, -0.2) is 12.7 Å². The molecule has 3 saturated heterocycles. The van der Waals surface area contributed by atoms with Gasteiger partial charge < -0.3 is 4.90 Å². The van der Waals surface area contributed by atoms with E-state index in [1.807, 2.05) is 15.8 Å². The van der Waals surface area contributed by atoms with Crippen LogP contribution in [0.4, 0.5) is 0 Å². The van der Waals surface area contributed by atoms with Gasteiger partial charge in [0.2, 0.25) is 15.9 Å². The Morgan fingerprint density at radius 2 is 2.00 bits per heavy atom. The zero-order valence-corrected chi connectivity index (χ0v) is 18.6. The van der Waals surface area contributed by atoms with E-state index in [2.05, 4.69) is 30.0 Å². The van der Waals surface area contributed by atoms with Crippen molar-refractivity contribution in [3.63, 3.8) is 0 Å². The quantitative estimate of drug-likeness (QED) is 0.730. The standard InChI is InChI=1S/C20H33N5O3S/c1-16(2)25-14-17(12-21-25)13-23-10-6-18-20(15-23,7-11-29(27,28)22(18)3)19(26)24-8-4-5-9-24/h12,14,16,18H,4-11,13,15H2,1-3H3/t18-,20+/m1/s1. The molecule has 3 aliphatic rings. The zero-order valence-electron chi connectivity index (χ0n) is 17.7. The molecular weight excluding hydrogens is 390 g/mol. The van der Waals surface area contributed by atoms with Crippen molar-refractivity contribution in [1.29, 1.82) is 0 Å². The molecule has 0 unspecified atom stereocenters. The Balaban J connectivity index is 1.59. The second kappa shape index (κ2) is 7.67. The predicted molar refractivity (Wildman–Crippen MR) is 111 cm³/mol. The molecule has 0 saturated carbocycles. The van der Waals surface area contributed by atoms with Gasteiger partial charge in [0.15, 0.2) is 0 Å². The summed E-state index contributed by atoms with van der Waals surface area (Å²) in [6.45, 7) is 7.93. The monoisotopic (exact) mass is 423 g/mol. The molecule has 0 aliphatic carbocycles. The van der Waals surface area contributed by atoms with E-state index in [1.165, 1.54) is 4.31 Å². The number of hydrogen-bond acceptors (Lipinski definition) is 5. The van der Waals surface area contributed by atoms with E-state index < -0.39 is 15.4 Å². The van der Waals surface area contributed by atoms with E-state index in [9.17, 15) is 13.2 Å². The van der Waals surface area contributed by atoms with Gasteiger partial charge in [-0.15, -0.1) is 0 Å². The Morgan fingerprint density at radius 3 is 2.66 bits per heavy atom. The van der Waals surface area contributed by atoms with Gasteiger partial charge in [0, 0.05) is 63.6 Å². The second-order valence-electron chi connectivity index (χ2n) is 9.18. The molecule has 0 bridgehead atoms. The van der Waals surface area contributed by atoms with Crippen molar-refractivity contribution in [3.05, 3.63) is 18.0 Å². The highest BCUT2D eigenvalue weighted by Gasteiger charge is 2.57. The van der Waals surface area contributed by atoms with Crippen LogP contribution < -0.4 is 0 Å². The average molecular weight is 424 g/mol. The molecule has 0 aromatic carbocycles. The van der Waals surface area contributed by atoms with E-state index in [0.717, 1.165) is 44.6 Å². The van der Waals surface area contributed by atoms with Crippen LogP contribution in [-0.2, 0) is 21.4 Å². The number of carbonyl (C=O) groups is 1. The molecule has 9 heteroatoms. The summed E-state index contributed by atoms with van der Waals surface area (Å²) in [6, 6.07) is 0.0683. The number of likely N-dealkylation sites (tertiary alicyclic amines) is 2. The van der Waals surface area contributed by atoms with E-state index in [0.29, 0.717) is 25.4 Å². The van der Waals surface area contributed by atoms with Crippen LogP contribution >= 0.6 is 0 Å². The average Bonchev–Trinajstić information content (AvgIpc) is 3.37. The van der Waals surface area contributed by atoms with Crippen LogP contribution in [0.25, 0.3) is 0 Å². The number of fused-ring (bicyclic) bond motifs is 1. The highest BCUT2D eigenvalue weighted by Crippen LogP contribution is 2.44. The number of nitrogens with zero attached hydrogens (tertiary/aromatic N) is 5. The van der Waals surface area contributed by atoms with Crippen LogP contribution in [0, 0.1) is 5.41 Å². The molecule has 2 atom stereocenters. The van der Waals surface area contributed by atoms with E-state index in [-0.39, 0.29) is 17.7 Å². The van der Waals surface area contributed by atoms with Crippen LogP contribution in [-0.4, -0.2) is 83.2 Å². The van der Waals surface area contributed by atoms with Crippen molar-refractivity contribution < 1.29 is 13.2 Å². The minimum Gasteiger partial charge on any atom is -0.342 e. The van der Waals surface area contributed by atoms with Gasteiger partial charge >= 0.3 is 0 Å². The lowest BCUT2D eigenvalue weighted by molar-refractivity contribution is -0.150. The van der Waals surface area contributed by atoms with Gasteiger partial charge in [0.25, 0.3) is 0 Å². The molecule has 29 heavy (non-hydrogen) atoms. The Bertz CT molecular complexity index is 861.